The van der Waals surface area contributed by atoms with Gasteiger partial charge in [-0.25, -0.2) is 14.4 Å². The standard InChI is InChI=1S/C20H20FN5O2/c1-11-15(16-17(25-20(2)5-6-20)23-10-24-18(16)28-11)19(27)26-8-12(9-26)14-4-3-13(21)7-22-14/h3-4,7,10,12H,5-6,8-9H2,1-2H3,(H,23,24,25). The Kier molecular flexibility index (Phi) is 3.65. The van der Waals surface area contributed by atoms with E-state index in [9.17, 15) is 9.18 Å². The van der Waals surface area contributed by atoms with Gasteiger partial charge in [0.2, 0.25) is 5.71 Å². The number of fused-ring (bicyclic) bond motifs is 1. The van der Waals surface area contributed by atoms with Crippen molar-refractivity contribution in [3.8, 4) is 0 Å². The molecular weight excluding hydrogens is 361 g/mol. The first-order valence-electron chi connectivity index (χ1n) is 9.36. The van der Waals surface area contributed by atoms with Gasteiger partial charge in [-0.2, -0.15) is 0 Å². The number of rotatable bonds is 4. The van der Waals surface area contributed by atoms with Gasteiger partial charge in [0.05, 0.1) is 17.1 Å². The van der Waals surface area contributed by atoms with Crippen LogP contribution in [-0.4, -0.2) is 44.4 Å². The van der Waals surface area contributed by atoms with Crippen LogP contribution in [-0.2, 0) is 0 Å². The van der Waals surface area contributed by atoms with E-state index in [1.807, 2.05) is 0 Å². The summed E-state index contributed by atoms with van der Waals surface area (Å²) in [6.07, 6.45) is 4.79. The summed E-state index contributed by atoms with van der Waals surface area (Å²) in [5.74, 6) is 0.826. The minimum absolute atomic E-state index is 0.0167. The number of pyridine rings is 1. The lowest BCUT2D eigenvalue weighted by molar-refractivity contribution is 0.0598. The van der Waals surface area contributed by atoms with Gasteiger partial charge in [0.15, 0.2) is 0 Å². The number of anilines is 1. The molecule has 1 aliphatic carbocycles. The number of hydrogen-bond acceptors (Lipinski definition) is 6. The maximum atomic E-state index is 13.2. The van der Waals surface area contributed by atoms with Gasteiger partial charge in [-0.15, -0.1) is 0 Å². The van der Waals surface area contributed by atoms with Gasteiger partial charge in [-0.3, -0.25) is 9.78 Å². The van der Waals surface area contributed by atoms with Crippen LogP contribution in [0.25, 0.3) is 11.1 Å². The Hall–Kier alpha value is -3.03. The third-order valence-electron chi connectivity index (χ3n) is 5.64. The van der Waals surface area contributed by atoms with Crippen LogP contribution in [0.1, 0.15) is 47.5 Å². The molecule has 1 amide bonds. The number of carbonyl (C=O) groups is 1. The molecule has 0 atom stereocenters. The van der Waals surface area contributed by atoms with Crippen LogP contribution >= 0.6 is 0 Å². The van der Waals surface area contributed by atoms with Gasteiger partial charge in [0.1, 0.15) is 23.7 Å². The molecule has 7 nitrogen and oxygen atoms in total. The van der Waals surface area contributed by atoms with Gasteiger partial charge in [-0.1, -0.05) is 0 Å². The quantitative estimate of drug-likeness (QED) is 0.747. The normalized spacial score (nSPS) is 18.2. The second-order valence-corrected chi connectivity index (χ2v) is 7.93. The molecule has 2 fully saturated rings. The molecule has 3 aromatic heterocycles. The second kappa shape index (κ2) is 5.98. The van der Waals surface area contributed by atoms with Crippen LogP contribution in [0.2, 0.25) is 0 Å². The largest absolute Gasteiger partial charge is 0.442 e. The van der Waals surface area contributed by atoms with Crippen molar-refractivity contribution < 1.29 is 13.6 Å². The molecule has 0 radical (unpaired) electrons. The zero-order chi connectivity index (χ0) is 19.5. The van der Waals surface area contributed by atoms with Crippen LogP contribution < -0.4 is 5.32 Å². The first-order chi connectivity index (χ1) is 13.4. The monoisotopic (exact) mass is 381 g/mol. The molecule has 144 valence electrons. The zero-order valence-corrected chi connectivity index (χ0v) is 15.7. The van der Waals surface area contributed by atoms with Gasteiger partial charge < -0.3 is 14.6 Å². The highest BCUT2D eigenvalue weighted by molar-refractivity contribution is 6.10. The minimum atomic E-state index is -0.360. The van der Waals surface area contributed by atoms with Crippen molar-refractivity contribution in [2.45, 2.75) is 38.1 Å². The molecule has 28 heavy (non-hydrogen) atoms. The predicted molar refractivity (Wildman–Crippen MR) is 101 cm³/mol. The van der Waals surface area contributed by atoms with Gasteiger partial charge >= 0.3 is 0 Å². The molecule has 3 aromatic rings. The van der Waals surface area contributed by atoms with Gasteiger partial charge in [0, 0.05) is 30.2 Å². The summed E-state index contributed by atoms with van der Waals surface area (Å²) < 4.78 is 18.8. The zero-order valence-electron chi connectivity index (χ0n) is 15.7. The van der Waals surface area contributed by atoms with E-state index in [1.54, 1.807) is 17.9 Å². The summed E-state index contributed by atoms with van der Waals surface area (Å²) in [4.78, 5) is 27.6. The number of likely N-dealkylation sites (tertiary alicyclic amines) is 1. The van der Waals surface area contributed by atoms with Gasteiger partial charge in [0.25, 0.3) is 5.91 Å². The molecule has 1 saturated carbocycles. The first kappa shape index (κ1) is 17.1. The number of aryl methyl sites for hydroxylation is 1. The highest BCUT2D eigenvalue weighted by Crippen LogP contribution is 2.40. The number of furan rings is 1. The number of halogens is 1. The lowest BCUT2D eigenvalue weighted by Crippen LogP contribution is -2.48. The van der Waals surface area contributed by atoms with Crippen molar-refractivity contribution in [2.24, 2.45) is 0 Å². The molecule has 1 saturated heterocycles. The molecule has 0 unspecified atom stereocenters. The van der Waals surface area contributed by atoms with Gasteiger partial charge in [-0.05, 0) is 38.8 Å². The van der Waals surface area contributed by atoms with E-state index in [0.717, 1.165) is 18.5 Å². The van der Waals surface area contributed by atoms with Crippen molar-refractivity contribution in [3.63, 3.8) is 0 Å². The van der Waals surface area contributed by atoms with E-state index < -0.39 is 0 Å². The Morgan fingerprint density at radius 3 is 2.75 bits per heavy atom. The molecule has 1 N–H and O–H groups in total. The maximum Gasteiger partial charge on any atom is 0.258 e. The minimum Gasteiger partial charge on any atom is -0.442 e. The van der Waals surface area contributed by atoms with Crippen molar-refractivity contribution >= 4 is 22.8 Å². The summed E-state index contributed by atoms with van der Waals surface area (Å²) in [7, 11) is 0. The fraction of sp³-hybridized carbons (Fsp3) is 0.400. The Balaban J connectivity index is 1.42. The molecule has 4 heterocycles. The van der Waals surface area contributed by atoms with E-state index in [4.69, 9.17) is 4.42 Å². The second-order valence-electron chi connectivity index (χ2n) is 7.93. The van der Waals surface area contributed by atoms with E-state index >= 15 is 0 Å². The number of nitrogens with one attached hydrogen (secondary N) is 1. The SMILES string of the molecule is Cc1oc2ncnc(NC3(C)CC3)c2c1C(=O)N1CC(c2ccc(F)cn2)C1. The summed E-state index contributed by atoms with van der Waals surface area (Å²) >= 11 is 0. The van der Waals surface area contributed by atoms with Crippen molar-refractivity contribution in [3.05, 3.63) is 47.5 Å². The number of amides is 1. The van der Waals surface area contributed by atoms with E-state index in [1.165, 1.54) is 18.6 Å². The Morgan fingerprint density at radius 2 is 2.07 bits per heavy atom. The van der Waals surface area contributed by atoms with E-state index in [2.05, 4.69) is 27.2 Å². The summed E-state index contributed by atoms with van der Waals surface area (Å²) in [6, 6.07) is 3.07. The fourth-order valence-electron chi connectivity index (χ4n) is 3.61. The topological polar surface area (TPSA) is 84.2 Å². The smallest absolute Gasteiger partial charge is 0.258 e. The highest BCUT2D eigenvalue weighted by Gasteiger charge is 2.40. The molecule has 8 heteroatoms. The summed E-state index contributed by atoms with van der Waals surface area (Å²) in [5, 5.41) is 4.07. The van der Waals surface area contributed by atoms with Crippen LogP contribution in [0.4, 0.5) is 10.2 Å². The average Bonchev–Trinajstić information content (AvgIpc) is 3.23. The summed E-state index contributed by atoms with van der Waals surface area (Å²) in [5.41, 5.74) is 1.74. The van der Waals surface area contributed by atoms with Crippen molar-refractivity contribution in [2.75, 3.05) is 18.4 Å². The third-order valence-corrected chi connectivity index (χ3v) is 5.64. The molecule has 0 aromatic carbocycles. The van der Waals surface area contributed by atoms with Crippen molar-refractivity contribution in [1.29, 1.82) is 0 Å². The van der Waals surface area contributed by atoms with E-state index in [-0.39, 0.29) is 23.2 Å². The lowest BCUT2D eigenvalue weighted by atomic mass is 9.94. The Morgan fingerprint density at radius 1 is 1.29 bits per heavy atom. The Labute approximate surface area is 161 Å². The first-order valence-corrected chi connectivity index (χ1v) is 9.36. The average molecular weight is 381 g/mol. The van der Waals surface area contributed by atoms with Crippen LogP contribution in [0.3, 0.4) is 0 Å². The lowest BCUT2D eigenvalue weighted by Gasteiger charge is -2.38. The number of hydrogen-bond donors (Lipinski definition) is 1. The molecule has 2 aliphatic rings. The third kappa shape index (κ3) is 2.80. The van der Waals surface area contributed by atoms with E-state index in [0.29, 0.717) is 41.3 Å². The molecule has 0 spiro atoms. The van der Waals surface area contributed by atoms with Crippen LogP contribution in [0.15, 0.2) is 29.1 Å². The Bertz CT molecular complexity index is 1070. The highest BCUT2D eigenvalue weighted by atomic mass is 19.1. The predicted octanol–water partition coefficient (Wildman–Crippen LogP) is 3.27. The molecule has 0 bridgehead atoms. The van der Waals surface area contributed by atoms with Crippen molar-refractivity contribution in [1.82, 2.24) is 19.9 Å². The van der Waals surface area contributed by atoms with Crippen LogP contribution in [0, 0.1) is 12.7 Å². The maximum absolute atomic E-state index is 13.2. The fourth-order valence-corrected chi connectivity index (χ4v) is 3.61. The molecule has 5 rings (SSSR count). The number of aromatic nitrogens is 3. The number of nitrogens with zero attached hydrogens (tertiary/aromatic N) is 4. The molecular formula is C20H20FN5O2. The molecule has 1 aliphatic heterocycles. The van der Waals surface area contributed by atoms with Crippen LogP contribution in [0.5, 0.6) is 0 Å². The number of carbonyl (C=O) groups excluding carboxylic acids is 1. The summed E-state index contributed by atoms with van der Waals surface area (Å²) in [6.45, 7) is 4.98.